The summed E-state index contributed by atoms with van der Waals surface area (Å²) in [4.78, 5) is 17.6. The van der Waals surface area contributed by atoms with Gasteiger partial charge in [0.15, 0.2) is 11.6 Å². The second-order valence-corrected chi connectivity index (χ2v) is 6.97. The monoisotopic (exact) mass is 432 g/mol. The number of anilines is 3. The highest BCUT2D eigenvalue weighted by Crippen LogP contribution is 2.25. The van der Waals surface area contributed by atoms with E-state index in [0.29, 0.717) is 11.4 Å². The maximum Gasteiger partial charge on any atom is 0.252 e. The molecule has 0 aliphatic rings. The predicted molar refractivity (Wildman–Crippen MR) is 119 cm³/mol. The van der Waals surface area contributed by atoms with Gasteiger partial charge in [-0.1, -0.05) is 36.4 Å². The largest absolute Gasteiger partial charge is 0.366 e. The number of hydrogen-bond donors (Lipinski definition) is 4. The standard InChI is InChI=1S/C22H21FN8O/c23-18-12-17(20(25)32)21(29-15-7-4-8-16(11-15)31-27-9-10-28-31)30-22(18)26-13-19(24)14-5-2-1-3-6-14/h1-12,19H,13,24H2,(H2,25,32)(H2,26,29,30). The van der Waals surface area contributed by atoms with Crippen LogP contribution in [-0.4, -0.2) is 32.4 Å². The number of halogens is 1. The maximum atomic E-state index is 14.6. The fourth-order valence-electron chi connectivity index (χ4n) is 3.11. The van der Waals surface area contributed by atoms with Gasteiger partial charge in [-0.2, -0.15) is 15.0 Å². The van der Waals surface area contributed by atoms with E-state index in [4.69, 9.17) is 11.5 Å². The van der Waals surface area contributed by atoms with Crippen LogP contribution in [-0.2, 0) is 0 Å². The Kier molecular flexibility index (Phi) is 6.04. The molecule has 0 aliphatic carbocycles. The first kappa shape index (κ1) is 20.9. The molecule has 0 radical (unpaired) electrons. The van der Waals surface area contributed by atoms with Crippen molar-refractivity contribution in [3.8, 4) is 5.69 Å². The molecule has 0 bridgehead atoms. The van der Waals surface area contributed by atoms with E-state index in [1.54, 1.807) is 30.6 Å². The SMILES string of the molecule is NC(=O)c1cc(F)c(NCC(N)c2ccccc2)nc1Nc1cccc(-n2nccn2)c1. The molecule has 0 spiro atoms. The minimum absolute atomic E-state index is 0.0474. The third kappa shape index (κ3) is 4.71. The number of nitrogens with one attached hydrogen (secondary N) is 2. The van der Waals surface area contributed by atoms with Crippen molar-refractivity contribution in [3.05, 3.63) is 90.0 Å². The van der Waals surface area contributed by atoms with E-state index in [1.807, 2.05) is 36.4 Å². The number of pyridine rings is 1. The average Bonchev–Trinajstić information content (AvgIpc) is 3.34. The number of hydrogen-bond acceptors (Lipinski definition) is 7. The van der Waals surface area contributed by atoms with Gasteiger partial charge in [0.2, 0.25) is 0 Å². The second kappa shape index (κ2) is 9.23. The number of benzene rings is 2. The minimum atomic E-state index is -0.809. The zero-order valence-corrected chi connectivity index (χ0v) is 16.9. The lowest BCUT2D eigenvalue weighted by atomic mass is 10.1. The molecular formula is C22H21FN8O. The smallest absolute Gasteiger partial charge is 0.252 e. The van der Waals surface area contributed by atoms with Crippen molar-refractivity contribution in [1.29, 1.82) is 0 Å². The van der Waals surface area contributed by atoms with E-state index in [2.05, 4.69) is 25.8 Å². The van der Waals surface area contributed by atoms with Gasteiger partial charge in [0.1, 0.15) is 5.82 Å². The van der Waals surface area contributed by atoms with E-state index in [9.17, 15) is 9.18 Å². The molecule has 0 saturated heterocycles. The zero-order valence-electron chi connectivity index (χ0n) is 16.9. The number of amides is 1. The van der Waals surface area contributed by atoms with E-state index >= 15 is 0 Å². The number of rotatable bonds is 8. The fourth-order valence-corrected chi connectivity index (χ4v) is 3.11. The van der Waals surface area contributed by atoms with Crippen LogP contribution in [0.15, 0.2) is 73.1 Å². The van der Waals surface area contributed by atoms with E-state index in [-0.39, 0.29) is 29.8 Å². The van der Waals surface area contributed by atoms with Gasteiger partial charge < -0.3 is 22.1 Å². The molecule has 0 aliphatic heterocycles. The van der Waals surface area contributed by atoms with Gasteiger partial charge in [-0.25, -0.2) is 9.37 Å². The number of primary amides is 1. The normalized spacial score (nSPS) is 11.7. The first-order chi connectivity index (χ1) is 15.5. The Balaban J connectivity index is 1.58. The van der Waals surface area contributed by atoms with E-state index < -0.39 is 11.7 Å². The Morgan fingerprint density at radius 2 is 1.78 bits per heavy atom. The summed E-state index contributed by atoms with van der Waals surface area (Å²) in [6.45, 7) is 0.240. The predicted octanol–water partition coefficient (Wildman–Crippen LogP) is 2.76. The Morgan fingerprint density at radius 3 is 2.50 bits per heavy atom. The molecule has 10 heteroatoms. The van der Waals surface area contributed by atoms with Crippen LogP contribution in [0.4, 0.5) is 21.7 Å². The van der Waals surface area contributed by atoms with Gasteiger partial charge in [-0.05, 0) is 29.8 Å². The number of nitrogens with two attached hydrogens (primary N) is 2. The van der Waals surface area contributed by atoms with Gasteiger partial charge in [-0.3, -0.25) is 4.79 Å². The van der Waals surface area contributed by atoms with Crippen molar-refractivity contribution in [1.82, 2.24) is 20.0 Å². The molecule has 0 fully saturated rings. The molecule has 2 heterocycles. The van der Waals surface area contributed by atoms with Crippen LogP contribution in [0.25, 0.3) is 5.69 Å². The lowest BCUT2D eigenvalue weighted by molar-refractivity contribution is 0.100. The topological polar surface area (TPSA) is 137 Å². The third-order valence-corrected chi connectivity index (χ3v) is 4.72. The van der Waals surface area contributed by atoms with Gasteiger partial charge in [0.05, 0.1) is 23.6 Å². The molecule has 162 valence electrons. The Bertz CT molecular complexity index is 1210. The second-order valence-electron chi connectivity index (χ2n) is 6.97. The third-order valence-electron chi connectivity index (χ3n) is 4.72. The number of nitrogens with zero attached hydrogens (tertiary/aromatic N) is 4. The Morgan fingerprint density at radius 1 is 1.03 bits per heavy atom. The molecule has 2 aromatic carbocycles. The van der Waals surface area contributed by atoms with Crippen LogP contribution in [0.1, 0.15) is 22.0 Å². The number of carbonyl (C=O) groups excluding carboxylic acids is 1. The van der Waals surface area contributed by atoms with E-state index in [0.717, 1.165) is 11.6 Å². The molecule has 32 heavy (non-hydrogen) atoms. The number of aromatic nitrogens is 4. The highest BCUT2D eigenvalue weighted by Gasteiger charge is 2.17. The summed E-state index contributed by atoms with van der Waals surface area (Å²) in [6.07, 6.45) is 3.12. The highest BCUT2D eigenvalue weighted by atomic mass is 19.1. The summed E-state index contributed by atoms with van der Waals surface area (Å²) in [6, 6.07) is 17.2. The minimum Gasteiger partial charge on any atom is -0.366 e. The van der Waals surface area contributed by atoms with Gasteiger partial charge >= 0.3 is 0 Å². The fraction of sp³-hybridized carbons (Fsp3) is 0.0909. The van der Waals surface area contributed by atoms with E-state index in [1.165, 1.54) is 4.80 Å². The van der Waals surface area contributed by atoms with Crippen LogP contribution < -0.4 is 22.1 Å². The summed E-state index contributed by atoms with van der Waals surface area (Å²) in [5.41, 5.74) is 13.7. The van der Waals surface area contributed by atoms with Crippen LogP contribution in [0.2, 0.25) is 0 Å². The molecule has 2 aromatic heterocycles. The molecule has 1 unspecified atom stereocenters. The number of carbonyl (C=O) groups is 1. The lowest BCUT2D eigenvalue weighted by Gasteiger charge is -2.16. The molecular weight excluding hydrogens is 411 g/mol. The molecule has 9 nitrogen and oxygen atoms in total. The summed E-state index contributed by atoms with van der Waals surface area (Å²) < 4.78 is 14.6. The zero-order chi connectivity index (χ0) is 22.5. The summed E-state index contributed by atoms with van der Waals surface area (Å²) in [7, 11) is 0. The molecule has 0 saturated carbocycles. The molecule has 6 N–H and O–H groups in total. The van der Waals surface area contributed by atoms with Gasteiger partial charge in [0, 0.05) is 18.3 Å². The van der Waals surface area contributed by atoms with Crippen molar-refractivity contribution < 1.29 is 9.18 Å². The quantitative estimate of drug-likeness (QED) is 0.336. The molecule has 1 atom stereocenters. The van der Waals surface area contributed by atoms with Crippen molar-refractivity contribution >= 4 is 23.2 Å². The molecule has 4 aromatic rings. The molecule has 4 rings (SSSR count). The maximum absolute atomic E-state index is 14.6. The summed E-state index contributed by atoms with van der Waals surface area (Å²) in [5, 5.41) is 14.1. The average molecular weight is 432 g/mol. The lowest BCUT2D eigenvalue weighted by Crippen LogP contribution is -2.22. The summed E-state index contributed by atoms with van der Waals surface area (Å²) in [5.74, 6) is -1.45. The summed E-state index contributed by atoms with van der Waals surface area (Å²) >= 11 is 0. The molecule has 1 amide bonds. The highest BCUT2D eigenvalue weighted by molar-refractivity contribution is 5.98. The Hall–Kier alpha value is -4.31. The van der Waals surface area contributed by atoms with Crippen LogP contribution >= 0.6 is 0 Å². The first-order valence-corrected chi connectivity index (χ1v) is 9.80. The van der Waals surface area contributed by atoms with Crippen LogP contribution in [0.3, 0.4) is 0 Å². The van der Waals surface area contributed by atoms with Crippen LogP contribution in [0, 0.1) is 5.82 Å². The Labute approximate surface area is 183 Å². The van der Waals surface area contributed by atoms with Crippen molar-refractivity contribution in [2.24, 2.45) is 11.5 Å². The van der Waals surface area contributed by atoms with Gasteiger partial charge in [-0.15, -0.1) is 0 Å². The first-order valence-electron chi connectivity index (χ1n) is 9.80. The van der Waals surface area contributed by atoms with Crippen molar-refractivity contribution in [2.45, 2.75) is 6.04 Å². The van der Waals surface area contributed by atoms with Gasteiger partial charge in [0.25, 0.3) is 5.91 Å². The van der Waals surface area contributed by atoms with Crippen molar-refractivity contribution in [2.75, 3.05) is 17.2 Å². The van der Waals surface area contributed by atoms with Crippen LogP contribution in [0.5, 0.6) is 0 Å². The van der Waals surface area contributed by atoms with Crippen molar-refractivity contribution in [3.63, 3.8) is 0 Å².